The fraction of sp³-hybridized carbons (Fsp3) is 0.200. The van der Waals surface area contributed by atoms with E-state index < -0.39 is 0 Å². The van der Waals surface area contributed by atoms with Gasteiger partial charge in [-0.05, 0) is 45.9 Å². The largest absolute Gasteiger partial charge is 0.308 e. The Morgan fingerprint density at radius 1 is 1.27 bits per heavy atom. The van der Waals surface area contributed by atoms with Crippen LogP contribution in [0.2, 0.25) is 5.02 Å². The Kier molecular flexibility index (Phi) is 3.85. The predicted molar refractivity (Wildman–Crippen MR) is 72.3 cm³/mol. The highest BCUT2D eigenvalue weighted by atomic mass is 79.9. The minimum Gasteiger partial charge on any atom is -0.308 e. The molecule has 1 unspecified atom stereocenters. The Balaban J connectivity index is 2.41. The average Bonchev–Trinajstić information content (AvgIpc) is 2.80. The zero-order valence-electron chi connectivity index (χ0n) is 7.96. The molecule has 5 heteroatoms. The molecule has 0 bridgehead atoms. The van der Waals surface area contributed by atoms with Crippen LogP contribution in [0.1, 0.15) is 15.8 Å². The van der Waals surface area contributed by atoms with E-state index >= 15 is 0 Å². The fourth-order valence-corrected chi connectivity index (χ4v) is 4.48. The molecule has 1 nitrogen and oxygen atoms in total. The van der Waals surface area contributed by atoms with Gasteiger partial charge in [-0.25, -0.2) is 0 Å². The third-order valence-electron chi connectivity index (χ3n) is 2.10. The van der Waals surface area contributed by atoms with Crippen molar-refractivity contribution in [1.82, 2.24) is 5.32 Å². The fourth-order valence-electron chi connectivity index (χ4n) is 1.40. The summed E-state index contributed by atoms with van der Waals surface area (Å²) in [5.74, 6) is 0. The van der Waals surface area contributed by atoms with Crippen molar-refractivity contribution in [2.75, 3.05) is 7.05 Å². The molecule has 0 aliphatic heterocycles. The van der Waals surface area contributed by atoms with E-state index in [0.29, 0.717) is 0 Å². The monoisotopic (exact) mass is 321 g/mol. The molecular formula is C10H9BrClNS2. The number of thiophene rings is 2. The molecule has 15 heavy (non-hydrogen) atoms. The van der Waals surface area contributed by atoms with Gasteiger partial charge in [0, 0.05) is 14.2 Å². The molecule has 0 spiro atoms. The van der Waals surface area contributed by atoms with Crippen LogP contribution in [0, 0.1) is 0 Å². The predicted octanol–water partition coefficient (Wildman–Crippen LogP) is 4.53. The van der Waals surface area contributed by atoms with Gasteiger partial charge in [-0.1, -0.05) is 11.6 Å². The lowest BCUT2D eigenvalue weighted by Crippen LogP contribution is -2.15. The smallest absolute Gasteiger partial charge is 0.0788 e. The molecule has 2 rings (SSSR count). The molecule has 80 valence electrons. The van der Waals surface area contributed by atoms with Gasteiger partial charge in [0.05, 0.1) is 11.1 Å². The maximum atomic E-state index is 6.14. The molecule has 0 saturated heterocycles. The van der Waals surface area contributed by atoms with Crippen LogP contribution in [0.5, 0.6) is 0 Å². The van der Waals surface area contributed by atoms with E-state index in [-0.39, 0.29) is 6.04 Å². The standard InChI is InChI=1S/C10H9BrClNS2/c1-13-8(9-6(11)2-4-14-9)10-7(12)3-5-15-10/h2-5,8,13H,1H3. The van der Waals surface area contributed by atoms with E-state index in [4.69, 9.17) is 11.6 Å². The van der Waals surface area contributed by atoms with Crippen LogP contribution in [0.15, 0.2) is 27.4 Å². The van der Waals surface area contributed by atoms with E-state index in [2.05, 4.69) is 32.7 Å². The number of halogens is 2. The summed E-state index contributed by atoms with van der Waals surface area (Å²) in [6.07, 6.45) is 0. The summed E-state index contributed by atoms with van der Waals surface area (Å²) in [4.78, 5) is 2.43. The molecule has 0 amide bonds. The molecule has 0 saturated carbocycles. The van der Waals surface area contributed by atoms with Gasteiger partial charge in [0.2, 0.25) is 0 Å². The molecule has 1 N–H and O–H groups in total. The van der Waals surface area contributed by atoms with Crippen LogP contribution in [-0.2, 0) is 0 Å². The summed E-state index contributed by atoms with van der Waals surface area (Å²) in [5, 5.41) is 8.22. The molecule has 0 aromatic carbocycles. The molecule has 2 heterocycles. The molecule has 2 aromatic heterocycles. The maximum Gasteiger partial charge on any atom is 0.0788 e. The SMILES string of the molecule is CNC(c1sccc1Cl)c1sccc1Br. The molecule has 0 radical (unpaired) electrons. The van der Waals surface area contributed by atoms with Crippen molar-refractivity contribution in [2.24, 2.45) is 0 Å². The molecular weight excluding hydrogens is 314 g/mol. The van der Waals surface area contributed by atoms with Gasteiger partial charge < -0.3 is 5.32 Å². The lowest BCUT2D eigenvalue weighted by Gasteiger charge is -2.14. The first-order valence-corrected chi connectivity index (χ1v) is 7.30. The quantitative estimate of drug-likeness (QED) is 0.875. The zero-order chi connectivity index (χ0) is 10.8. The Hall–Kier alpha value is 0.130. The van der Waals surface area contributed by atoms with E-state index in [9.17, 15) is 0 Å². The van der Waals surface area contributed by atoms with Gasteiger partial charge in [-0.15, -0.1) is 22.7 Å². The van der Waals surface area contributed by atoms with Gasteiger partial charge in [-0.2, -0.15) is 0 Å². The van der Waals surface area contributed by atoms with Crippen LogP contribution in [0.4, 0.5) is 0 Å². The van der Waals surface area contributed by atoms with Crippen molar-refractivity contribution >= 4 is 50.2 Å². The van der Waals surface area contributed by atoms with E-state index in [1.54, 1.807) is 22.7 Å². The van der Waals surface area contributed by atoms with E-state index in [0.717, 1.165) is 9.50 Å². The number of rotatable bonds is 3. The second-order valence-electron chi connectivity index (χ2n) is 2.99. The van der Waals surface area contributed by atoms with E-state index in [1.807, 2.05) is 18.5 Å². The highest BCUT2D eigenvalue weighted by Crippen LogP contribution is 2.38. The lowest BCUT2D eigenvalue weighted by molar-refractivity contribution is 0.714. The Bertz CT molecular complexity index is 411. The number of nitrogens with one attached hydrogen (secondary N) is 1. The molecule has 0 fully saturated rings. The molecule has 2 aromatic rings. The minimum atomic E-state index is 0.187. The summed E-state index contributed by atoms with van der Waals surface area (Å²) < 4.78 is 1.14. The van der Waals surface area contributed by atoms with E-state index in [1.165, 1.54) is 9.75 Å². The average molecular weight is 323 g/mol. The van der Waals surface area contributed by atoms with Gasteiger partial charge in [0.25, 0.3) is 0 Å². The zero-order valence-corrected chi connectivity index (χ0v) is 11.9. The summed E-state index contributed by atoms with van der Waals surface area (Å²) >= 11 is 13.1. The second-order valence-corrected chi connectivity index (χ2v) is 6.14. The third kappa shape index (κ3) is 2.29. The first kappa shape index (κ1) is 11.6. The summed E-state index contributed by atoms with van der Waals surface area (Å²) in [5.41, 5.74) is 0. The number of hydrogen-bond acceptors (Lipinski definition) is 3. The minimum absolute atomic E-state index is 0.187. The van der Waals surface area contributed by atoms with Gasteiger partial charge in [-0.3, -0.25) is 0 Å². The number of hydrogen-bond donors (Lipinski definition) is 1. The maximum absolute atomic E-state index is 6.14. The Morgan fingerprint density at radius 3 is 2.40 bits per heavy atom. The highest BCUT2D eigenvalue weighted by molar-refractivity contribution is 9.10. The van der Waals surface area contributed by atoms with Crippen LogP contribution < -0.4 is 5.32 Å². The van der Waals surface area contributed by atoms with Crippen molar-refractivity contribution in [3.63, 3.8) is 0 Å². The van der Waals surface area contributed by atoms with Gasteiger partial charge in [0.15, 0.2) is 0 Å². The molecule has 0 aliphatic carbocycles. The first-order valence-electron chi connectivity index (χ1n) is 4.37. The van der Waals surface area contributed by atoms with Crippen molar-refractivity contribution in [2.45, 2.75) is 6.04 Å². The Labute approximate surface area is 110 Å². The second kappa shape index (κ2) is 4.97. The van der Waals surface area contributed by atoms with Gasteiger partial charge >= 0.3 is 0 Å². The van der Waals surface area contributed by atoms with Crippen molar-refractivity contribution in [3.05, 3.63) is 42.1 Å². The summed E-state index contributed by atoms with van der Waals surface area (Å²) in [6, 6.07) is 4.19. The van der Waals surface area contributed by atoms with Crippen molar-refractivity contribution < 1.29 is 0 Å². The van der Waals surface area contributed by atoms with Crippen molar-refractivity contribution in [3.8, 4) is 0 Å². The van der Waals surface area contributed by atoms with Crippen LogP contribution >= 0.6 is 50.2 Å². The highest BCUT2D eigenvalue weighted by Gasteiger charge is 2.19. The van der Waals surface area contributed by atoms with Crippen molar-refractivity contribution in [1.29, 1.82) is 0 Å². The van der Waals surface area contributed by atoms with Crippen LogP contribution in [0.3, 0.4) is 0 Å². The topological polar surface area (TPSA) is 12.0 Å². The van der Waals surface area contributed by atoms with Crippen LogP contribution in [0.25, 0.3) is 0 Å². The van der Waals surface area contributed by atoms with Crippen LogP contribution in [-0.4, -0.2) is 7.05 Å². The summed E-state index contributed by atoms with van der Waals surface area (Å²) in [6.45, 7) is 0. The summed E-state index contributed by atoms with van der Waals surface area (Å²) in [7, 11) is 1.95. The molecule has 0 aliphatic rings. The third-order valence-corrected chi connectivity index (χ3v) is 5.46. The Morgan fingerprint density at radius 2 is 1.93 bits per heavy atom. The molecule has 1 atom stereocenters. The lowest BCUT2D eigenvalue weighted by atomic mass is 10.2. The normalized spacial score (nSPS) is 13.0. The first-order chi connectivity index (χ1) is 7.24. The van der Waals surface area contributed by atoms with Gasteiger partial charge in [0.1, 0.15) is 0 Å².